The van der Waals surface area contributed by atoms with Gasteiger partial charge in [0, 0.05) is 12.6 Å². The first kappa shape index (κ1) is 11.0. The maximum Gasteiger partial charge on any atom is 0.00697 e. The van der Waals surface area contributed by atoms with Crippen molar-refractivity contribution in [2.24, 2.45) is 11.3 Å². The van der Waals surface area contributed by atoms with Crippen LogP contribution in [-0.4, -0.2) is 24.0 Å². The average molecular weight is 183 g/mol. The van der Waals surface area contributed by atoms with Crippen LogP contribution in [0.25, 0.3) is 0 Å². The Hall–Kier alpha value is -0.0400. The van der Waals surface area contributed by atoms with Gasteiger partial charge in [0.1, 0.15) is 0 Å². The van der Waals surface area contributed by atoms with E-state index in [1.165, 1.54) is 25.9 Å². The molecule has 1 aliphatic rings. The number of rotatable bonds is 1. The fourth-order valence-electron chi connectivity index (χ4n) is 2.30. The summed E-state index contributed by atoms with van der Waals surface area (Å²) in [5.74, 6) is 0.936. The van der Waals surface area contributed by atoms with Crippen LogP contribution >= 0.6 is 0 Å². The van der Waals surface area contributed by atoms with Crippen LogP contribution in [0.4, 0.5) is 0 Å². The Morgan fingerprint density at radius 1 is 1.23 bits per heavy atom. The fourth-order valence-corrected chi connectivity index (χ4v) is 2.30. The first-order valence-electron chi connectivity index (χ1n) is 5.62. The van der Waals surface area contributed by atoms with Gasteiger partial charge in [0.25, 0.3) is 0 Å². The number of piperidine rings is 1. The van der Waals surface area contributed by atoms with E-state index in [-0.39, 0.29) is 0 Å². The Morgan fingerprint density at radius 2 is 1.85 bits per heavy atom. The van der Waals surface area contributed by atoms with E-state index >= 15 is 0 Å². The molecule has 1 rings (SSSR count). The molecular weight excluding hydrogens is 158 g/mol. The van der Waals surface area contributed by atoms with Gasteiger partial charge in [-0.05, 0) is 37.6 Å². The van der Waals surface area contributed by atoms with Crippen molar-refractivity contribution < 1.29 is 0 Å². The first-order chi connectivity index (χ1) is 5.88. The van der Waals surface area contributed by atoms with Gasteiger partial charge in [-0.1, -0.05) is 27.7 Å². The van der Waals surface area contributed by atoms with E-state index in [1.807, 2.05) is 0 Å². The molecule has 0 radical (unpaired) electrons. The molecule has 1 nitrogen and oxygen atoms in total. The van der Waals surface area contributed by atoms with E-state index in [4.69, 9.17) is 0 Å². The SMILES string of the molecule is CC1CCN(CC(C)(C)C)C(C)C1. The molecule has 1 heteroatoms. The molecule has 0 bridgehead atoms. The number of likely N-dealkylation sites (tertiary alicyclic amines) is 1. The van der Waals surface area contributed by atoms with Crippen molar-refractivity contribution in [3.05, 3.63) is 0 Å². The number of nitrogens with zero attached hydrogens (tertiary/aromatic N) is 1. The third kappa shape index (κ3) is 3.68. The third-order valence-electron chi connectivity index (χ3n) is 2.95. The number of hydrogen-bond donors (Lipinski definition) is 0. The zero-order valence-electron chi connectivity index (χ0n) is 9.93. The minimum absolute atomic E-state index is 0.453. The summed E-state index contributed by atoms with van der Waals surface area (Å²) < 4.78 is 0. The summed E-state index contributed by atoms with van der Waals surface area (Å²) in [6.07, 6.45) is 2.77. The summed E-state index contributed by atoms with van der Waals surface area (Å²) in [6.45, 7) is 14.3. The van der Waals surface area contributed by atoms with E-state index in [2.05, 4.69) is 39.5 Å². The zero-order valence-corrected chi connectivity index (χ0v) is 9.93. The molecule has 0 spiro atoms. The second kappa shape index (κ2) is 4.00. The van der Waals surface area contributed by atoms with Gasteiger partial charge in [0.15, 0.2) is 0 Å². The van der Waals surface area contributed by atoms with Crippen LogP contribution in [0.3, 0.4) is 0 Å². The summed E-state index contributed by atoms with van der Waals surface area (Å²) in [6, 6.07) is 0.794. The van der Waals surface area contributed by atoms with Crippen LogP contribution < -0.4 is 0 Å². The summed E-state index contributed by atoms with van der Waals surface area (Å²) in [5, 5.41) is 0. The van der Waals surface area contributed by atoms with E-state index in [0.717, 1.165) is 12.0 Å². The Bertz CT molecular complexity index is 157. The van der Waals surface area contributed by atoms with Crippen LogP contribution in [0, 0.1) is 11.3 Å². The highest BCUT2D eigenvalue weighted by Gasteiger charge is 2.25. The van der Waals surface area contributed by atoms with Crippen LogP contribution in [0.15, 0.2) is 0 Å². The van der Waals surface area contributed by atoms with Gasteiger partial charge < -0.3 is 4.90 Å². The van der Waals surface area contributed by atoms with Gasteiger partial charge in [-0.2, -0.15) is 0 Å². The van der Waals surface area contributed by atoms with Crippen LogP contribution in [0.1, 0.15) is 47.5 Å². The van der Waals surface area contributed by atoms with Crippen molar-refractivity contribution in [3.63, 3.8) is 0 Å². The lowest BCUT2D eigenvalue weighted by atomic mass is 9.89. The van der Waals surface area contributed by atoms with E-state index in [0.29, 0.717) is 5.41 Å². The second-order valence-corrected chi connectivity index (χ2v) is 6.01. The summed E-state index contributed by atoms with van der Waals surface area (Å²) in [7, 11) is 0. The van der Waals surface area contributed by atoms with Crippen molar-refractivity contribution in [1.29, 1.82) is 0 Å². The second-order valence-electron chi connectivity index (χ2n) is 6.01. The summed E-state index contributed by atoms with van der Waals surface area (Å²) >= 11 is 0. The molecule has 0 aromatic rings. The van der Waals surface area contributed by atoms with Gasteiger partial charge in [-0.25, -0.2) is 0 Å². The smallest absolute Gasteiger partial charge is 0.00697 e. The Kier molecular flexibility index (Phi) is 3.39. The lowest BCUT2D eigenvalue weighted by molar-refractivity contribution is 0.0908. The molecule has 0 aromatic carbocycles. The Balaban J connectivity index is 2.43. The molecule has 0 amide bonds. The molecule has 2 atom stereocenters. The van der Waals surface area contributed by atoms with E-state index in [9.17, 15) is 0 Å². The Labute approximate surface area is 83.5 Å². The van der Waals surface area contributed by atoms with Crippen LogP contribution in [-0.2, 0) is 0 Å². The minimum atomic E-state index is 0.453. The molecule has 13 heavy (non-hydrogen) atoms. The number of hydrogen-bond acceptors (Lipinski definition) is 1. The van der Waals surface area contributed by atoms with Gasteiger partial charge in [0.05, 0.1) is 0 Å². The molecule has 1 saturated heterocycles. The topological polar surface area (TPSA) is 3.24 Å². The minimum Gasteiger partial charge on any atom is -0.300 e. The average Bonchev–Trinajstić information content (AvgIpc) is 1.93. The lowest BCUT2D eigenvalue weighted by Gasteiger charge is -2.40. The molecule has 0 aliphatic carbocycles. The third-order valence-corrected chi connectivity index (χ3v) is 2.95. The molecular formula is C12H25N. The predicted molar refractivity (Wildman–Crippen MR) is 58.9 cm³/mol. The maximum absolute atomic E-state index is 2.65. The van der Waals surface area contributed by atoms with Crippen LogP contribution in [0.5, 0.6) is 0 Å². The summed E-state index contributed by atoms with van der Waals surface area (Å²) in [4.78, 5) is 2.65. The van der Waals surface area contributed by atoms with Gasteiger partial charge >= 0.3 is 0 Å². The molecule has 2 unspecified atom stereocenters. The highest BCUT2D eigenvalue weighted by molar-refractivity contribution is 4.80. The highest BCUT2D eigenvalue weighted by Crippen LogP contribution is 2.25. The molecule has 0 N–H and O–H groups in total. The molecule has 0 saturated carbocycles. The predicted octanol–water partition coefficient (Wildman–Crippen LogP) is 3.15. The Morgan fingerprint density at radius 3 is 2.31 bits per heavy atom. The van der Waals surface area contributed by atoms with E-state index < -0.39 is 0 Å². The molecule has 1 aliphatic heterocycles. The molecule has 1 fully saturated rings. The monoisotopic (exact) mass is 183 g/mol. The maximum atomic E-state index is 2.65. The highest BCUT2D eigenvalue weighted by atomic mass is 15.2. The lowest BCUT2D eigenvalue weighted by Crippen LogP contribution is -2.44. The summed E-state index contributed by atoms with van der Waals surface area (Å²) in [5.41, 5.74) is 0.453. The van der Waals surface area contributed by atoms with E-state index in [1.54, 1.807) is 0 Å². The van der Waals surface area contributed by atoms with Gasteiger partial charge in [-0.15, -0.1) is 0 Å². The fraction of sp³-hybridized carbons (Fsp3) is 1.00. The quantitative estimate of drug-likeness (QED) is 0.603. The van der Waals surface area contributed by atoms with Gasteiger partial charge in [0.2, 0.25) is 0 Å². The van der Waals surface area contributed by atoms with Crippen molar-refractivity contribution >= 4 is 0 Å². The molecule has 0 aromatic heterocycles. The first-order valence-corrected chi connectivity index (χ1v) is 5.62. The van der Waals surface area contributed by atoms with Gasteiger partial charge in [-0.3, -0.25) is 0 Å². The van der Waals surface area contributed by atoms with Crippen molar-refractivity contribution in [3.8, 4) is 0 Å². The largest absolute Gasteiger partial charge is 0.300 e. The van der Waals surface area contributed by atoms with Crippen molar-refractivity contribution in [2.45, 2.75) is 53.5 Å². The van der Waals surface area contributed by atoms with Crippen LogP contribution in [0.2, 0.25) is 0 Å². The standard InChI is InChI=1S/C12H25N/c1-10-6-7-13(11(2)8-10)9-12(3,4)5/h10-11H,6-9H2,1-5H3. The van der Waals surface area contributed by atoms with Crippen molar-refractivity contribution in [2.75, 3.05) is 13.1 Å². The molecule has 1 heterocycles. The molecule has 78 valence electrons. The zero-order chi connectivity index (χ0) is 10.1. The van der Waals surface area contributed by atoms with Crippen molar-refractivity contribution in [1.82, 2.24) is 4.90 Å². The normalized spacial score (nSPS) is 32.1.